The summed E-state index contributed by atoms with van der Waals surface area (Å²) in [4.78, 5) is 14.0. The van der Waals surface area contributed by atoms with Gasteiger partial charge in [0.2, 0.25) is 5.95 Å². The van der Waals surface area contributed by atoms with E-state index in [1.54, 1.807) is 0 Å². The van der Waals surface area contributed by atoms with Gasteiger partial charge < -0.3 is 10.2 Å². The molecule has 1 aromatic rings. The Kier molecular flexibility index (Phi) is 5.79. The molecule has 0 aromatic carbocycles. The minimum absolute atomic E-state index is 0.738. The third-order valence-electron chi connectivity index (χ3n) is 3.77. The Labute approximate surface area is 128 Å². The molecule has 1 saturated heterocycles. The van der Waals surface area contributed by atoms with Crippen LogP contribution in [0.2, 0.25) is 0 Å². The number of aromatic nitrogens is 2. The van der Waals surface area contributed by atoms with Gasteiger partial charge in [-0.25, -0.2) is 4.98 Å². The van der Waals surface area contributed by atoms with Gasteiger partial charge in [-0.3, -0.25) is 4.90 Å². The standard InChI is InChI=1S/C16H29N5/c1-5-6-17-16-18-11-14(4)15(19-16)21-9-7-20(8-10-21)12-13(2)3/h11,13H,5-10,12H2,1-4H3,(H,17,18,19). The number of piperazine rings is 1. The van der Waals surface area contributed by atoms with Crippen LogP contribution in [0, 0.1) is 12.8 Å². The van der Waals surface area contributed by atoms with Gasteiger partial charge in [-0.05, 0) is 19.3 Å². The second kappa shape index (κ2) is 7.59. The average Bonchev–Trinajstić information content (AvgIpc) is 2.47. The zero-order chi connectivity index (χ0) is 15.2. The van der Waals surface area contributed by atoms with Gasteiger partial charge >= 0.3 is 0 Å². The van der Waals surface area contributed by atoms with E-state index >= 15 is 0 Å². The van der Waals surface area contributed by atoms with E-state index in [-0.39, 0.29) is 0 Å². The van der Waals surface area contributed by atoms with E-state index in [0.717, 1.165) is 62.4 Å². The fraction of sp³-hybridized carbons (Fsp3) is 0.750. The van der Waals surface area contributed by atoms with Crippen LogP contribution in [0.3, 0.4) is 0 Å². The summed E-state index contributed by atoms with van der Waals surface area (Å²) in [5.41, 5.74) is 1.16. The topological polar surface area (TPSA) is 44.3 Å². The Hall–Kier alpha value is -1.36. The van der Waals surface area contributed by atoms with Crippen molar-refractivity contribution in [2.24, 2.45) is 5.92 Å². The van der Waals surface area contributed by atoms with Crippen molar-refractivity contribution in [1.82, 2.24) is 14.9 Å². The minimum atomic E-state index is 0.738. The molecule has 0 bridgehead atoms. The molecule has 0 amide bonds. The van der Waals surface area contributed by atoms with Crippen molar-refractivity contribution >= 4 is 11.8 Å². The van der Waals surface area contributed by atoms with Crippen molar-refractivity contribution in [1.29, 1.82) is 0 Å². The van der Waals surface area contributed by atoms with E-state index in [0.29, 0.717) is 0 Å². The molecule has 0 unspecified atom stereocenters. The highest BCUT2D eigenvalue weighted by molar-refractivity contribution is 5.49. The number of aryl methyl sites for hydroxylation is 1. The van der Waals surface area contributed by atoms with Crippen molar-refractivity contribution in [3.05, 3.63) is 11.8 Å². The molecular formula is C16H29N5. The maximum Gasteiger partial charge on any atom is 0.224 e. The maximum absolute atomic E-state index is 4.70. The zero-order valence-electron chi connectivity index (χ0n) is 13.9. The van der Waals surface area contributed by atoms with Gasteiger partial charge in [-0.2, -0.15) is 4.98 Å². The largest absolute Gasteiger partial charge is 0.354 e. The van der Waals surface area contributed by atoms with Gasteiger partial charge in [0.05, 0.1) is 0 Å². The van der Waals surface area contributed by atoms with Crippen molar-refractivity contribution in [2.45, 2.75) is 34.1 Å². The molecule has 1 aliphatic heterocycles. The molecule has 0 spiro atoms. The first kappa shape index (κ1) is 16.0. The number of hydrogen-bond donors (Lipinski definition) is 1. The van der Waals surface area contributed by atoms with Crippen LogP contribution in [0.4, 0.5) is 11.8 Å². The van der Waals surface area contributed by atoms with Crippen LogP contribution >= 0.6 is 0 Å². The Bertz CT molecular complexity index is 438. The molecule has 0 radical (unpaired) electrons. The number of anilines is 2. The van der Waals surface area contributed by atoms with Gasteiger partial charge in [0, 0.05) is 51.0 Å². The fourth-order valence-corrected chi connectivity index (χ4v) is 2.73. The lowest BCUT2D eigenvalue weighted by molar-refractivity contribution is 0.231. The van der Waals surface area contributed by atoms with Crippen LogP contribution < -0.4 is 10.2 Å². The normalized spacial score (nSPS) is 16.5. The van der Waals surface area contributed by atoms with Crippen molar-refractivity contribution < 1.29 is 0 Å². The lowest BCUT2D eigenvalue weighted by Crippen LogP contribution is -2.48. The van der Waals surface area contributed by atoms with Crippen LogP contribution in [0.5, 0.6) is 0 Å². The summed E-state index contributed by atoms with van der Waals surface area (Å²) in [6.45, 7) is 15.3. The summed E-state index contributed by atoms with van der Waals surface area (Å²) < 4.78 is 0. The maximum atomic E-state index is 4.70. The summed E-state index contributed by atoms with van der Waals surface area (Å²) >= 11 is 0. The fourth-order valence-electron chi connectivity index (χ4n) is 2.73. The molecule has 118 valence electrons. The van der Waals surface area contributed by atoms with Crippen LogP contribution in [0.25, 0.3) is 0 Å². The second-order valence-electron chi connectivity index (χ2n) is 6.31. The third kappa shape index (κ3) is 4.56. The van der Waals surface area contributed by atoms with E-state index in [1.165, 1.54) is 6.54 Å². The van der Waals surface area contributed by atoms with E-state index in [1.807, 2.05) is 6.20 Å². The first-order chi connectivity index (χ1) is 10.1. The molecule has 2 heterocycles. The predicted molar refractivity (Wildman–Crippen MR) is 89.0 cm³/mol. The molecule has 0 saturated carbocycles. The summed E-state index contributed by atoms with van der Waals surface area (Å²) in [5.74, 6) is 2.58. The van der Waals surface area contributed by atoms with Gasteiger partial charge in [-0.15, -0.1) is 0 Å². The van der Waals surface area contributed by atoms with Crippen molar-refractivity contribution in [3.8, 4) is 0 Å². The lowest BCUT2D eigenvalue weighted by atomic mass is 10.2. The summed E-state index contributed by atoms with van der Waals surface area (Å²) in [5, 5.41) is 3.28. The molecule has 2 rings (SSSR count). The smallest absolute Gasteiger partial charge is 0.224 e. The van der Waals surface area contributed by atoms with Gasteiger partial charge in [0.25, 0.3) is 0 Å². The van der Waals surface area contributed by atoms with Gasteiger partial charge in [-0.1, -0.05) is 20.8 Å². The van der Waals surface area contributed by atoms with E-state index < -0.39 is 0 Å². The van der Waals surface area contributed by atoms with Crippen molar-refractivity contribution in [2.75, 3.05) is 49.5 Å². The third-order valence-corrected chi connectivity index (χ3v) is 3.77. The lowest BCUT2D eigenvalue weighted by Gasteiger charge is -2.36. The average molecular weight is 291 g/mol. The highest BCUT2D eigenvalue weighted by atomic mass is 15.3. The highest BCUT2D eigenvalue weighted by Crippen LogP contribution is 2.20. The van der Waals surface area contributed by atoms with Gasteiger partial charge in [0.15, 0.2) is 0 Å². The quantitative estimate of drug-likeness (QED) is 0.872. The molecule has 0 aliphatic carbocycles. The first-order valence-corrected chi connectivity index (χ1v) is 8.15. The Morgan fingerprint density at radius 3 is 2.57 bits per heavy atom. The number of rotatable bonds is 6. The van der Waals surface area contributed by atoms with Crippen LogP contribution in [-0.2, 0) is 0 Å². The molecule has 21 heavy (non-hydrogen) atoms. The van der Waals surface area contributed by atoms with E-state index in [9.17, 15) is 0 Å². The number of hydrogen-bond acceptors (Lipinski definition) is 5. The Balaban J connectivity index is 1.98. The summed E-state index contributed by atoms with van der Waals surface area (Å²) in [6.07, 6.45) is 3.02. The van der Waals surface area contributed by atoms with Gasteiger partial charge in [0.1, 0.15) is 5.82 Å². The molecule has 1 N–H and O–H groups in total. The SMILES string of the molecule is CCCNc1ncc(C)c(N2CCN(CC(C)C)CC2)n1. The zero-order valence-corrected chi connectivity index (χ0v) is 13.9. The number of nitrogens with one attached hydrogen (secondary N) is 1. The molecule has 1 fully saturated rings. The molecule has 5 heteroatoms. The van der Waals surface area contributed by atoms with E-state index in [2.05, 4.69) is 47.8 Å². The summed E-state index contributed by atoms with van der Waals surface area (Å²) in [7, 11) is 0. The van der Waals surface area contributed by atoms with E-state index in [4.69, 9.17) is 4.98 Å². The predicted octanol–water partition coefficient (Wildman–Crippen LogP) is 2.38. The molecule has 5 nitrogen and oxygen atoms in total. The Morgan fingerprint density at radius 1 is 1.24 bits per heavy atom. The molecule has 0 atom stereocenters. The minimum Gasteiger partial charge on any atom is -0.354 e. The van der Waals surface area contributed by atoms with Crippen LogP contribution in [0.1, 0.15) is 32.8 Å². The van der Waals surface area contributed by atoms with Crippen LogP contribution in [0.15, 0.2) is 6.20 Å². The monoisotopic (exact) mass is 291 g/mol. The molecule has 1 aromatic heterocycles. The van der Waals surface area contributed by atoms with Crippen molar-refractivity contribution in [3.63, 3.8) is 0 Å². The second-order valence-corrected chi connectivity index (χ2v) is 6.31. The number of nitrogens with zero attached hydrogens (tertiary/aromatic N) is 4. The van der Waals surface area contributed by atoms with Crippen LogP contribution in [-0.4, -0.2) is 54.1 Å². The molecule has 1 aliphatic rings. The first-order valence-electron chi connectivity index (χ1n) is 8.15. The Morgan fingerprint density at radius 2 is 1.95 bits per heavy atom. The summed E-state index contributed by atoms with van der Waals surface area (Å²) in [6, 6.07) is 0. The highest BCUT2D eigenvalue weighted by Gasteiger charge is 2.20. The molecular weight excluding hydrogens is 262 g/mol.